The third-order valence-corrected chi connectivity index (χ3v) is 2.63. The van der Waals surface area contributed by atoms with Crippen LogP contribution in [-0.4, -0.2) is 23.5 Å². The van der Waals surface area contributed by atoms with E-state index < -0.39 is 11.9 Å². The van der Waals surface area contributed by atoms with Crippen molar-refractivity contribution in [3.05, 3.63) is 46.6 Å². The second-order valence-electron chi connectivity index (χ2n) is 3.72. The fourth-order valence-corrected chi connectivity index (χ4v) is 1.50. The Balaban J connectivity index is 2.58. The van der Waals surface area contributed by atoms with Crippen LogP contribution in [0.1, 0.15) is 5.56 Å². The first-order chi connectivity index (χ1) is 9.54. The quantitative estimate of drug-likeness (QED) is 0.537. The maximum atomic E-state index is 11.7. The standard InChI is InChI=1S/C13H12ClN3O3/c14-11-4-2-1-3-9(11)7-17-13(20)10(5-15)6-16-8-12(18)19/h1-4,6,16H,7-8H2,(H,17,20)(H,18,19)/b10-6-. The Labute approximate surface area is 120 Å². The molecule has 6 nitrogen and oxygen atoms in total. The van der Waals surface area contributed by atoms with E-state index in [0.717, 1.165) is 11.8 Å². The molecule has 0 heterocycles. The van der Waals surface area contributed by atoms with Crippen LogP contribution < -0.4 is 10.6 Å². The van der Waals surface area contributed by atoms with E-state index in [9.17, 15) is 9.59 Å². The third kappa shape index (κ3) is 5.00. The first-order valence-corrected chi connectivity index (χ1v) is 5.99. The summed E-state index contributed by atoms with van der Waals surface area (Å²) in [5, 5.41) is 22.6. The van der Waals surface area contributed by atoms with Gasteiger partial charge in [0, 0.05) is 17.8 Å². The van der Waals surface area contributed by atoms with Gasteiger partial charge in [-0.15, -0.1) is 0 Å². The molecule has 0 atom stereocenters. The van der Waals surface area contributed by atoms with Crippen LogP contribution in [-0.2, 0) is 16.1 Å². The molecule has 0 spiro atoms. The predicted octanol–water partition coefficient (Wildman–Crippen LogP) is 1.04. The highest BCUT2D eigenvalue weighted by Gasteiger charge is 2.09. The molecule has 104 valence electrons. The molecule has 1 rings (SSSR count). The van der Waals surface area contributed by atoms with Crippen LogP contribution >= 0.6 is 11.6 Å². The normalized spacial score (nSPS) is 10.5. The number of carboxylic acid groups (broad SMARTS) is 1. The summed E-state index contributed by atoms with van der Waals surface area (Å²) in [4.78, 5) is 22.0. The molecule has 20 heavy (non-hydrogen) atoms. The zero-order chi connectivity index (χ0) is 15.0. The fraction of sp³-hybridized carbons (Fsp3) is 0.154. The Morgan fingerprint density at radius 1 is 1.40 bits per heavy atom. The van der Waals surface area contributed by atoms with Gasteiger partial charge in [-0.3, -0.25) is 9.59 Å². The summed E-state index contributed by atoms with van der Waals surface area (Å²) in [5.41, 5.74) is 0.511. The number of carbonyl (C=O) groups is 2. The maximum absolute atomic E-state index is 11.7. The smallest absolute Gasteiger partial charge is 0.322 e. The highest BCUT2D eigenvalue weighted by molar-refractivity contribution is 6.31. The van der Waals surface area contributed by atoms with Gasteiger partial charge in [-0.25, -0.2) is 0 Å². The Kier molecular flexibility index (Phi) is 6.07. The van der Waals surface area contributed by atoms with Crippen molar-refractivity contribution in [2.24, 2.45) is 0 Å². The van der Waals surface area contributed by atoms with Crippen LogP contribution in [0.2, 0.25) is 5.02 Å². The van der Waals surface area contributed by atoms with Gasteiger partial charge in [-0.05, 0) is 11.6 Å². The molecule has 3 N–H and O–H groups in total. The number of hydrogen-bond donors (Lipinski definition) is 3. The topological polar surface area (TPSA) is 102 Å². The molecular weight excluding hydrogens is 282 g/mol. The summed E-state index contributed by atoms with van der Waals surface area (Å²) in [6, 6.07) is 8.68. The lowest BCUT2D eigenvalue weighted by molar-refractivity contribution is -0.135. The zero-order valence-electron chi connectivity index (χ0n) is 10.4. The van der Waals surface area contributed by atoms with E-state index >= 15 is 0 Å². The van der Waals surface area contributed by atoms with Crippen LogP contribution in [0.15, 0.2) is 36.0 Å². The Morgan fingerprint density at radius 2 is 2.10 bits per heavy atom. The van der Waals surface area contributed by atoms with Gasteiger partial charge < -0.3 is 15.7 Å². The van der Waals surface area contributed by atoms with Gasteiger partial charge in [-0.1, -0.05) is 29.8 Å². The molecule has 0 aliphatic heterocycles. The van der Waals surface area contributed by atoms with Crippen molar-refractivity contribution >= 4 is 23.5 Å². The number of carboxylic acids is 1. The van der Waals surface area contributed by atoms with Crippen molar-refractivity contribution in [3.8, 4) is 6.07 Å². The average molecular weight is 294 g/mol. The summed E-state index contributed by atoms with van der Waals surface area (Å²) < 4.78 is 0. The van der Waals surface area contributed by atoms with Crippen LogP contribution in [0.25, 0.3) is 0 Å². The van der Waals surface area contributed by atoms with Crippen molar-refractivity contribution in [1.29, 1.82) is 5.26 Å². The zero-order valence-corrected chi connectivity index (χ0v) is 11.1. The number of nitrogens with zero attached hydrogens (tertiary/aromatic N) is 1. The summed E-state index contributed by atoms with van der Waals surface area (Å²) in [7, 11) is 0. The van der Waals surface area contributed by atoms with Crippen molar-refractivity contribution in [2.75, 3.05) is 6.54 Å². The van der Waals surface area contributed by atoms with Gasteiger partial charge in [0.15, 0.2) is 0 Å². The molecule has 0 aliphatic carbocycles. The number of nitriles is 1. The molecule has 0 fully saturated rings. The molecule has 0 saturated carbocycles. The van der Waals surface area contributed by atoms with E-state index in [1.54, 1.807) is 30.3 Å². The summed E-state index contributed by atoms with van der Waals surface area (Å²) >= 11 is 5.93. The van der Waals surface area contributed by atoms with Gasteiger partial charge in [-0.2, -0.15) is 5.26 Å². The molecule has 0 radical (unpaired) electrons. The molecule has 1 aromatic carbocycles. The van der Waals surface area contributed by atoms with E-state index in [2.05, 4.69) is 10.6 Å². The second-order valence-corrected chi connectivity index (χ2v) is 4.13. The summed E-state index contributed by atoms with van der Waals surface area (Å²) in [6.45, 7) is -0.195. The van der Waals surface area contributed by atoms with Crippen molar-refractivity contribution in [3.63, 3.8) is 0 Å². The molecule has 0 saturated heterocycles. The molecule has 0 aromatic heterocycles. The van der Waals surface area contributed by atoms with Crippen molar-refractivity contribution in [2.45, 2.75) is 6.54 Å². The third-order valence-electron chi connectivity index (χ3n) is 2.26. The van der Waals surface area contributed by atoms with E-state index in [1.165, 1.54) is 0 Å². The van der Waals surface area contributed by atoms with Crippen LogP contribution in [0.3, 0.4) is 0 Å². The van der Waals surface area contributed by atoms with E-state index in [4.69, 9.17) is 22.0 Å². The lowest BCUT2D eigenvalue weighted by Crippen LogP contribution is -2.26. The minimum absolute atomic E-state index is 0.177. The van der Waals surface area contributed by atoms with Gasteiger partial charge in [0.2, 0.25) is 0 Å². The van der Waals surface area contributed by atoms with Crippen molar-refractivity contribution in [1.82, 2.24) is 10.6 Å². The number of aliphatic carboxylic acids is 1. The first-order valence-electron chi connectivity index (χ1n) is 5.61. The Morgan fingerprint density at radius 3 is 2.70 bits per heavy atom. The molecule has 1 aromatic rings. The molecule has 1 amide bonds. The number of halogens is 1. The van der Waals surface area contributed by atoms with Gasteiger partial charge in [0.25, 0.3) is 5.91 Å². The van der Waals surface area contributed by atoms with E-state index in [-0.39, 0.29) is 18.7 Å². The highest BCUT2D eigenvalue weighted by atomic mass is 35.5. The molecule has 0 unspecified atom stereocenters. The van der Waals surface area contributed by atoms with Crippen molar-refractivity contribution < 1.29 is 14.7 Å². The van der Waals surface area contributed by atoms with Gasteiger partial charge in [0.05, 0.1) is 0 Å². The number of rotatable bonds is 6. The fourth-order valence-electron chi connectivity index (χ4n) is 1.30. The van der Waals surface area contributed by atoms with Gasteiger partial charge in [0.1, 0.15) is 18.2 Å². The Bertz CT molecular complexity index is 578. The maximum Gasteiger partial charge on any atom is 0.322 e. The summed E-state index contributed by atoms with van der Waals surface area (Å²) in [6.07, 6.45) is 1.07. The van der Waals surface area contributed by atoms with Crippen LogP contribution in [0.5, 0.6) is 0 Å². The Hall–Kier alpha value is -2.52. The first kappa shape index (κ1) is 15.5. The highest BCUT2D eigenvalue weighted by Crippen LogP contribution is 2.14. The molecule has 0 aliphatic rings. The largest absolute Gasteiger partial charge is 0.480 e. The summed E-state index contributed by atoms with van der Waals surface area (Å²) in [5.74, 6) is -1.69. The molecule has 0 bridgehead atoms. The number of hydrogen-bond acceptors (Lipinski definition) is 4. The monoisotopic (exact) mass is 293 g/mol. The number of carbonyl (C=O) groups excluding carboxylic acids is 1. The number of amides is 1. The van der Waals surface area contributed by atoms with E-state index in [0.29, 0.717) is 5.02 Å². The second kappa shape index (κ2) is 7.81. The lowest BCUT2D eigenvalue weighted by atomic mass is 10.2. The van der Waals surface area contributed by atoms with Crippen LogP contribution in [0.4, 0.5) is 0 Å². The molecular formula is C13H12ClN3O3. The van der Waals surface area contributed by atoms with E-state index in [1.807, 2.05) is 0 Å². The predicted molar refractivity (Wildman–Crippen MR) is 72.6 cm³/mol. The van der Waals surface area contributed by atoms with Crippen LogP contribution in [0, 0.1) is 11.3 Å². The average Bonchev–Trinajstić information content (AvgIpc) is 2.42. The SMILES string of the molecule is N#C/C(=C/NCC(=O)O)C(=O)NCc1ccccc1Cl. The lowest BCUT2D eigenvalue weighted by Gasteiger charge is -2.06. The minimum Gasteiger partial charge on any atom is -0.480 e. The minimum atomic E-state index is -1.09. The number of benzene rings is 1. The molecule has 7 heteroatoms. The van der Waals surface area contributed by atoms with Gasteiger partial charge >= 0.3 is 5.97 Å². The number of nitrogens with one attached hydrogen (secondary N) is 2.